The molecule has 1 aromatic carbocycles. The maximum absolute atomic E-state index is 13.4. The largest absolute Gasteiger partial charge is 0.505 e. The smallest absolute Gasteiger partial charge is 0.165 e. The van der Waals surface area contributed by atoms with Gasteiger partial charge in [-0.15, -0.1) is 6.58 Å². The van der Waals surface area contributed by atoms with Crippen molar-refractivity contribution < 1.29 is 9.50 Å². The molecule has 2 rings (SSSR count). The summed E-state index contributed by atoms with van der Waals surface area (Å²) in [5.41, 5.74) is 0.397. The van der Waals surface area contributed by atoms with Crippen LogP contribution in [0.25, 0.3) is 0 Å². The molecular weight excluding hydrogens is 255 g/mol. The number of benzene rings is 1. The molecule has 5 heteroatoms. The van der Waals surface area contributed by atoms with Crippen LogP contribution in [0.1, 0.15) is 11.6 Å². The van der Waals surface area contributed by atoms with E-state index in [-0.39, 0.29) is 11.8 Å². The Balaban J connectivity index is 2.37. The van der Waals surface area contributed by atoms with Gasteiger partial charge in [-0.05, 0) is 12.1 Å². The molecule has 98 valence electrons. The second-order valence-electron chi connectivity index (χ2n) is 4.26. The van der Waals surface area contributed by atoms with E-state index in [1.54, 1.807) is 6.08 Å². The Morgan fingerprint density at radius 2 is 2.11 bits per heavy atom. The molecule has 1 saturated heterocycles. The zero-order chi connectivity index (χ0) is 13.1. The lowest BCUT2D eigenvalue weighted by molar-refractivity contribution is 0.200. The molecule has 0 unspecified atom stereocenters. The highest BCUT2D eigenvalue weighted by Gasteiger charge is 2.25. The minimum absolute atomic E-state index is 0.268. The number of aromatic hydroxyl groups is 1. The van der Waals surface area contributed by atoms with Gasteiger partial charge in [-0.25, -0.2) is 4.39 Å². The number of nitrogens with one attached hydrogen (secondary N) is 1. The molecule has 1 atom stereocenters. The topological polar surface area (TPSA) is 35.5 Å². The molecule has 0 aliphatic carbocycles. The summed E-state index contributed by atoms with van der Waals surface area (Å²) in [6.07, 6.45) is 1.69. The summed E-state index contributed by atoms with van der Waals surface area (Å²) in [6, 6.07) is 2.36. The molecule has 0 spiro atoms. The van der Waals surface area contributed by atoms with Gasteiger partial charge in [-0.2, -0.15) is 0 Å². The molecule has 0 aromatic heterocycles. The fourth-order valence-electron chi connectivity index (χ4n) is 2.25. The summed E-state index contributed by atoms with van der Waals surface area (Å²) in [5.74, 6) is -1.04. The number of phenols is 1. The number of piperazine rings is 1. The highest BCUT2D eigenvalue weighted by atomic mass is 35.5. The van der Waals surface area contributed by atoms with Crippen molar-refractivity contribution in [2.24, 2.45) is 0 Å². The zero-order valence-corrected chi connectivity index (χ0v) is 10.8. The average Bonchev–Trinajstić information content (AvgIpc) is 2.40. The number of hydrogen-bond acceptors (Lipinski definition) is 3. The highest BCUT2D eigenvalue weighted by Crippen LogP contribution is 2.37. The summed E-state index contributed by atoms with van der Waals surface area (Å²) in [4.78, 5) is 2.11. The van der Waals surface area contributed by atoms with Crippen LogP contribution in [-0.4, -0.2) is 36.2 Å². The van der Waals surface area contributed by atoms with Gasteiger partial charge in [0.25, 0.3) is 0 Å². The predicted octanol–water partition coefficient (Wildman–Crippen LogP) is 2.32. The van der Waals surface area contributed by atoms with Gasteiger partial charge in [0.2, 0.25) is 0 Å². The van der Waals surface area contributed by atoms with Gasteiger partial charge in [0.05, 0.1) is 6.04 Å². The van der Waals surface area contributed by atoms with Crippen LogP contribution in [0, 0.1) is 5.82 Å². The molecule has 1 aromatic rings. The van der Waals surface area contributed by atoms with Gasteiger partial charge in [-0.1, -0.05) is 17.7 Å². The van der Waals surface area contributed by atoms with E-state index in [9.17, 15) is 9.50 Å². The molecule has 2 N–H and O–H groups in total. The lowest BCUT2D eigenvalue weighted by Gasteiger charge is -2.34. The third kappa shape index (κ3) is 2.51. The lowest BCUT2D eigenvalue weighted by Crippen LogP contribution is -2.44. The standard InChI is InChI=1S/C13H16ClFN2O/c1-2-11(17-7-5-16-6-8-17)12-9(14)3-4-10(15)13(12)18/h2-4,11,16,18H,1,5-8H2/t11-/m0/s1. The number of phenolic OH excluding ortho intramolecular Hbond substituents is 1. The third-order valence-electron chi connectivity index (χ3n) is 3.18. The van der Waals surface area contributed by atoms with Crippen molar-refractivity contribution >= 4 is 11.6 Å². The summed E-state index contributed by atoms with van der Waals surface area (Å²) < 4.78 is 13.4. The van der Waals surface area contributed by atoms with Crippen LogP contribution in [0.2, 0.25) is 5.02 Å². The summed E-state index contributed by atoms with van der Waals surface area (Å²) in [7, 11) is 0. The number of rotatable bonds is 3. The van der Waals surface area contributed by atoms with E-state index in [1.165, 1.54) is 12.1 Å². The first-order valence-electron chi connectivity index (χ1n) is 5.89. The van der Waals surface area contributed by atoms with Crippen molar-refractivity contribution in [3.63, 3.8) is 0 Å². The van der Waals surface area contributed by atoms with Crippen molar-refractivity contribution in [1.82, 2.24) is 10.2 Å². The molecule has 0 saturated carbocycles. The molecule has 1 fully saturated rings. The first-order chi connectivity index (χ1) is 8.65. The van der Waals surface area contributed by atoms with Gasteiger partial charge in [-0.3, -0.25) is 4.90 Å². The number of nitrogens with zero attached hydrogens (tertiary/aromatic N) is 1. The van der Waals surface area contributed by atoms with Gasteiger partial charge in [0.1, 0.15) is 0 Å². The van der Waals surface area contributed by atoms with Gasteiger partial charge < -0.3 is 10.4 Å². The van der Waals surface area contributed by atoms with E-state index in [1.807, 2.05) is 0 Å². The van der Waals surface area contributed by atoms with Crippen molar-refractivity contribution in [2.45, 2.75) is 6.04 Å². The fourth-order valence-corrected chi connectivity index (χ4v) is 2.51. The minimum Gasteiger partial charge on any atom is -0.505 e. The van der Waals surface area contributed by atoms with E-state index in [2.05, 4.69) is 16.8 Å². The molecule has 1 aliphatic heterocycles. The van der Waals surface area contributed by atoms with Crippen molar-refractivity contribution in [3.05, 3.63) is 41.2 Å². The number of halogens is 2. The van der Waals surface area contributed by atoms with Crippen molar-refractivity contribution in [3.8, 4) is 5.75 Å². The Bertz CT molecular complexity index is 447. The Morgan fingerprint density at radius 3 is 2.72 bits per heavy atom. The Morgan fingerprint density at radius 1 is 1.44 bits per heavy atom. The van der Waals surface area contributed by atoms with E-state index < -0.39 is 5.82 Å². The quantitative estimate of drug-likeness (QED) is 0.828. The second kappa shape index (κ2) is 5.69. The van der Waals surface area contributed by atoms with Crippen LogP contribution < -0.4 is 5.32 Å². The molecule has 0 bridgehead atoms. The summed E-state index contributed by atoms with van der Waals surface area (Å²) >= 11 is 6.08. The van der Waals surface area contributed by atoms with Crippen molar-refractivity contribution in [1.29, 1.82) is 0 Å². The van der Waals surface area contributed by atoms with Gasteiger partial charge in [0.15, 0.2) is 11.6 Å². The van der Waals surface area contributed by atoms with Gasteiger partial charge >= 0.3 is 0 Å². The van der Waals surface area contributed by atoms with Gasteiger partial charge in [0, 0.05) is 36.8 Å². The first kappa shape index (κ1) is 13.3. The van der Waals surface area contributed by atoms with Crippen LogP contribution in [0.3, 0.4) is 0 Å². The molecular formula is C13H16ClFN2O. The SMILES string of the molecule is C=C[C@@H](c1c(Cl)ccc(F)c1O)N1CCNCC1. The van der Waals surface area contributed by atoms with E-state index in [0.29, 0.717) is 10.6 Å². The molecule has 3 nitrogen and oxygen atoms in total. The summed E-state index contributed by atoms with van der Waals surface area (Å²) in [6.45, 7) is 7.11. The molecule has 1 heterocycles. The Labute approximate surface area is 111 Å². The van der Waals surface area contributed by atoms with Crippen LogP contribution >= 0.6 is 11.6 Å². The monoisotopic (exact) mass is 270 g/mol. The normalized spacial score (nSPS) is 18.6. The molecule has 1 aliphatic rings. The van der Waals surface area contributed by atoms with E-state index >= 15 is 0 Å². The third-order valence-corrected chi connectivity index (χ3v) is 3.51. The zero-order valence-electron chi connectivity index (χ0n) is 10.00. The summed E-state index contributed by atoms with van der Waals surface area (Å²) in [5, 5.41) is 13.5. The van der Waals surface area contributed by atoms with Crippen LogP contribution in [-0.2, 0) is 0 Å². The number of hydrogen-bond donors (Lipinski definition) is 2. The van der Waals surface area contributed by atoms with E-state index in [4.69, 9.17) is 11.6 Å². The second-order valence-corrected chi connectivity index (χ2v) is 4.67. The fraction of sp³-hybridized carbons (Fsp3) is 0.385. The average molecular weight is 271 g/mol. The van der Waals surface area contributed by atoms with Crippen LogP contribution in [0.15, 0.2) is 24.8 Å². The Hall–Kier alpha value is -1.10. The molecule has 0 radical (unpaired) electrons. The molecule has 0 amide bonds. The van der Waals surface area contributed by atoms with Crippen LogP contribution in [0.5, 0.6) is 5.75 Å². The predicted molar refractivity (Wildman–Crippen MR) is 70.5 cm³/mol. The van der Waals surface area contributed by atoms with Crippen LogP contribution in [0.4, 0.5) is 4.39 Å². The maximum atomic E-state index is 13.4. The Kier molecular flexibility index (Phi) is 4.22. The van der Waals surface area contributed by atoms with E-state index in [0.717, 1.165) is 26.2 Å². The molecule has 18 heavy (non-hydrogen) atoms. The van der Waals surface area contributed by atoms with Crippen molar-refractivity contribution in [2.75, 3.05) is 26.2 Å². The highest BCUT2D eigenvalue weighted by molar-refractivity contribution is 6.31. The lowest BCUT2D eigenvalue weighted by atomic mass is 10.0. The first-order valence-corrected chi connectivity index (χ1v) is 6.27. The maximum Gasteiger partial charge on any atom is 0.165 e. The minimum atomic E-state index is -0.656.